The Morgan fingerprint density at radius 3 is 2.84 bits per heavy atom. The predicted molar refractivity (Wildman–Crippen MR) is 75.0 cm³/mol. The van der Waals surface area contributed by atoms with Crippen LogP contribution in [0.1, 0.15) is 25.5 Å². The number of hydrogen-bond donors (Lipinski definition) is 2. The highest BCUT2D eigenvalue weighted by atomic mass is 16.4. The second kappa shape index (κ2) is 5.80. The fourth-order valence-electron chi connectivity index (χ4n) is 1.97. The molecule has 0 radical (unpaired) electrons. The summed E-state index contributed by atoms with van der Waals surface area (Å²) >= 11 is 0. The van der Waals surface area contributed by atoms with Crippen LogP contribution >= 0.6 is 0 Å². The fraction of sp³-hybridized carbons (Fsp3) is 0.333. The zero-order valence-corrected chi connectivity index (χ0v) is 11.1. The van der Waals surface area contributed by atoms with E-state index >= 15 is 0 Å². The molecule has 0 aliphatic carbocycles. The molecule has 19 heavy (non-hydrogen) atoms. The summed E-state index contributed by atoms with van der Waals surface area (Å²) in [6, 6.07) is 8.68. The fourth-order valence-corrected chi connectivity index (χ4v) is 1.97. The average Bonchev–Trinajstić information content (AvgIpc) is 2.38. The Labute approximate surface area is 112 Å². The summed E-state index contributed by atoms with van der Waals surface area (Å²) in [5, 5.41) is 13.4. The first kappa shape index (κ1) is 13.5. The molecule has 0 saturated carbocycles. The SMILES string of the molecule is CC(C)CNC(C(=O)O)c1ccc2ncccc2c1. The first-order chi connectivity index (χ1) is 9.08. The van der Waals surface area contributed by atoms with Crippen LogP contribution in [0.4, 0.5) is 0 Å². The molecule has 0 fully saturated rings. The lowest BCUT2D eigenvalue weighted by Crippen LogP contribution is -2.31. The van der Waals surface area contributed by atoms with Crippen molar-refractivity contribution in [1.29, 1.82) is 0 Å². The number of hydrogen-bond acceptors (Lipinski definition) is 3. The molecule has 0 amide bonds. The topological polar surface area (TPSA) is 62.2 Å². The van der Waals surface area contributed by atoms with E-state index in [4.69, 9.17) is 0 Å². The van der Waals surface area contributed by atoms with Crippen LogP contribution < -0.4 is 5.32 Å². The predicted octanol–water partition coefficient (Wildman–Crippen LogP) is 2.61. The van der Waals surface area contributed by atoms with Gasteiger partial charge < -0.3 is 10.4 Å². The third kappa shape index (κ3) is 3.29. The van der Waals surface area contributed by atoms with Gasteiger partial charge in [0, 0.05) is 11.6 Å². The van der Waals surface area contributed by atoms with Crippen LogP contribution in [-0.2, 0) is 4.79 Å². The zero-order chi connectivity index (χ0) is 13.8. The third-order valence-corrected chi connectivity index (χ3v) is 2.94. The standard InChI is InChI=1S/C15H18N2O2/c1-10(2)9-17-14(15(18)19)12-5-6-13-11(8-12)4-3-7-16-13/h3-8,10,14,17H,9H2,1-2H3,(H,18,19). The highest BCUT2D eigenvalue weighted by Crippen LogP contribution is 2.19. The molecule has 0 saturated heterocycles. The van der Waals surface area contributed by atoms with Gasteiger partial charge in [-0.3, -0.25) is 9.78 Å². The molecule has 1 unspecified atom stereocenters. The van der Waals surface area contributed by atoms with Gasteiger partial charge in [-0.1, -0.05) is 26.0 Å². The van der Waals surface area contributed by atoms with Gasteiger partial charge >= 0.3 is 5.97 Å². The second-order valence-electron chi connectivity index (χ2n) is 5.03. The van der Waals surface area contributed by atoms with Crippen LogP contribution in [0.5, 0.6) is 0 Å². The van der Waals surface area contributed by atoms with Gasteiger partial charge in [0.15, 0.2) is 0 Å². The lowest BCUT2D eigenvalue weighted by molar-refractivity contribution is -0.139. The van der Waals surface area contributed by atoms with E-state index in [1.54, 1.807) is 6.20 Å². The summed E-state index contributed by atoms with van der Waals surface area (Å²) < 4.78 is 0. The highest BCUT2D eigenvalue weighted by Gasteiger charge is 2.19. The zero-order valence-electron chi connectivity index (χ0n) is 11.1. The van der Waals surface area contributed by atoms with Crippen molar-refractivity contribution in [3.8, 4) is 0 Å². The molecule has 4 heteroatoms. The Kier molecular flexibility index (Phi) is 4.12. The number of rotatable bonds is 5. The van der Waals surface area contributed by atoms with Crippen molar-refractivity contribution in [2.45, 2.75) is 19.9 Å². The number of carbonyl (C=O) groups is 1. The normalized spacial score (nSPS) is 12.8. The summed E-state index contributed by atoms with van der Waals surface area (Å²) in [5.74, 6) is -0.451. The van der Waals surface area contributed by atoms with Crippen molar-refractivity contribution in [1.82, 2.24) is 10.3 Å². The molecular formula is C15H18N2O2. The smallest absolute Gasteiger partial charge is 0.325 e. The molecule has 2 rings (SSSR count). The second-order valence-corrected chi connectivity index (χ2v) is 5.03. The number of fused-ring (bicyclic) bond motifs is 1. The number of carboxylic acids is 1. The maximum Gasteiger partial charge on any atom is 0.325 e. The number of aromatic nitrogens is 1. The third-order valence-electron chi connectivity index (χ3n) is 2.94. The first-order valence-corrected chi connectivity index (χ1v) is 6.39. The lowest BCUT2D eigenvalue weighted by atomic mass is 10.0. The Morgan fingerprint density at radius 1 is 1.37 bits per heavy atom. The van der Waals surface area contributed by atoms with Gasteiger partial charge in [0.2, 0.25) is 0 Å². The molecule has 2 aromatic rings. The quantitative estimate of drug-likeness (QED) is 0.865. The minimum atomic E-state index is -0.858. The van der Waals surface area contributed by atoms with Crippen LogP contribution in [-0.4, -0.2) is 22.6 Å². The van der Waals surface area contributed by atoms with Crippen LogP contribution in [0.15, 0.2) is 36.5 Å². The number of carboxylic acid groups (broad SMARTS) is 1. The Bertz CT molecular complexity index is 581. The molecule has 0 aliphatic heterocycles. The van der Waals surface area contributed by atoms with Gasteiger partial charge in [-0.05, 0) is 36.2 Å². The molecule has 1 atom stereocenters. The van der Waals surface area contributed by atoms with Crippen molar-refractivity contribution >= 4 is 16.9 Å². The highest BCUT2D eigenvalue weighted by molar-refractivity contribution is 5.82. The van der Waals surface area contributed by atoms with Crippen LogP contribution in [0, 0.1) is 5.92 Å². The summed E-state index contributed by atoms with van der Waals surface area (Å²) in [4.78, 5) is 15.6. The molecule has 1 heterocycles. The average molecular weight is 258 g/mol. The van der Waals surface area contributed by atoms with Crippen LogP contribution in [0.25, 0.3) is 10.9 Å². The van der Waals surface area contributed by atoms with Crippen molar-refractivity contribution in [3.63, 3.8) is 0 Å². The van der Waals surface area contributed by atoms with Crippen molar-refractivity contribution in [2.75, 3.05) is 6.54 Å². The van der Waals surface area contributed by atoms with E-state index in [1.807, 2.05) is 30.3 Å². The Morgan fingerprint density at radius 2 is 2.16 bits per heavy atom. The molecule has 1 aromatic carbocycles. The van der Waals surface area contributed by atoms with E-state index < -0.39 is 12.0 Å². The molecule has 2 N–H and O–H groups in total. The minimum absolute atomic E-state index is 0.406. The van der Waals surface area contributed by atoms with Gasteiger partial charge in [0.1, 0.15) is 6.04 Å². The number of benzene rings is 1. The van der Waals surface area contributed by atoms with Crippen LogP contribution in [0.2, 0.25) is 0 Å². The van der Waals surface area contributed by atoms with E-state index in [9.17, 15) is 9.90 Å². The van der Waals surface area contributed by atoms with Gasteiger partial charge in [-0.15, -0.1) is 0 Å². The number of nitrogens with zero attached hydrogens (tertiary/aromatic N) is 1. The maximum atomic E-state index is 11.4. The van der Waals surface area contributed by atoms with E-state index in [0.717, 1.165) is 16.5 Å². The van der Waals surface area contributed by atoms with E-state index in [-0.39, 0.29) is 0 Å². The summed E-state index contributed by atoms with van der Waals surface area (Å²) in [7, 11) is 0. The Balaban J connectivity index is 2.30. The largest absolute Gasteiger partial charge is 0.480 e. The lowest BCUT2D eigenvalue weighted by Gasteiger charge is -2.16. The molecule has 100 valence electrons. The van der Waals surface area contributed by atoms with Gasteiger partial charge in [-0.25, -0.2) is 0 Å². The summed E-state index contributed by atoms with van der Waals surface area (Å²) in [6.07, 6.45) is 1.73. The van der Waals surface area contributed by atoms with Gasteiger partial charge in [0.25, 0.3) is 0 Å². The van der Waals surface area contributed by atoms with E-state index in [0.29, 0.717) is 12.5 Å². The summed E-state index contributed by atoms with van der Waals surface area (Å²) in [6.45, 7) is 4.77. The van der Waals surface area contributed by atoms with Crippen molar-refractivity contribution in [2.24, 2.45) is 5.92 Å². The van der Waals surface area contributed by atoms with Crippen molar-refractivity contribution < 1.29 is 9.90 Å². The van der Waals surface area contributed by atoms with Crippen LogP contribution in [0.3, 0.4) is 0 Å². The molecule has 1 aromatic heterocycles. The first-order valence-electron chi connectivity index (χ1n) is 6.39. The van der Waals surface area contributed by atoms with E-state index in [2.05, 4.69) is 24.1 Å². The molecule has 0 bridgehead atoms. The maximum absolute atomic E-state index is 11.4. The molecule has 0 aliphatic rings. The molecule has 4 nitrogen and oxygen atoms in total. The number of aliphatic carboxylic acids is 1. The monoisotopic (exact) mass is 258 g/mol. The minimum Gasteiger partial charge on any atom is -0.480 e. The number of pyridine rings is 1. The summed E-state index contributed by atoms with van der Waals surface area (Å²) in [5.41, 5.74) is 1.63. The van der Waals surface area contributed by atoms with Crippen molar-refractivity contribution in [3.05, 3.63) is 42.1 Å². The molecule has 0 spiro atoms. The van der Waals surface area contributed by atoms with E-state index in [1.165, 1.54) is 0 Å². The Hall–Kier alpha value is -1.94. The number of nitrogens with one attached hydrogen (secondary N) is 1. The van der Waals surface area contributed by atoms with Gasteiger partial charge in [0.05, 0.1) is 5.52 Å². The molecular weight excluding hydrogens is 240 g/mol. The van der Waals surface area contributed by atoms with Gasteiger partial charge in [-0.2, -0.15) is 0 Å².